The molecule has 1 aromatic heterocycles. The number of carbonyl (C=O) groups is 1. The van der Waals surface area contributed by atoms with Gasteiger partial charge in [0.05, 0.1) is 12.7 Å². The van der Waals surface area contributed by atoms with E-state index in [1.165, 1.54) is 0 Å². The lowest BCUT2D eigenvalue weighted by molar-refractivity contribution is 0.105. The Morgan fingerprint density at radius 1 is 1.40 bits per heavy atom. The third kappa shape index (κ3) is 3.39. The van der Waals surface area contributed by atoms with Crippen LogP contribution in [-0.2, 0) is 4.74 Å². The lowest BCUT2D eigenvalue weighted by Crippen LogP contribution is -2.49. The summed E-state index contributed by atoms with van der Waals surface area (Å²) in [5, 5.41) is 9.46. The van der Waals surface area contributed by atoms with Gasteiger partial charge in [-0.1, -0.05) is 6.07 Å². The topological polar surface area (TPSA) is 65.9 Å². The maximum atomic E-state index is 11.6. The molecule has 110 valence electrons. The van der Waals surface area contributed by atoms with E-state index in [0.29, 0.717) is 19.7 Å². The Kier molecular flexibility index (Phi) is 4.79. The minimum atomic E-state index is -0.503. The predicted octanol–water partition coefficient (Wildman–Crippen LogP) is 1.41. The van der Waals surface area contributed by atoms with E-state index in [-0.39, 0.29) is 6.09 Å². The van der Waals surface area contributed by atoms with Crippen molar-refractivity contribution in [1.29, 1.82) is 0 Å². The van der Waals surface area contributed by atoms with E-state index in [1.807, 2.05) is 19.1 Å². The van der Waals surface area contributed by atoms with E-state index >= 15 is 0 Å². The molecule has 0 radical (unpaired) electrons. The summed E-state index contributed by atoms with van der Waals surface area (Å²) < 4.78 is 4.99. The molecule has 0 saturated carbocycles. The Morgan fingerprint density at radius 2 is 2.10 bits per heavy atom. The lowest BCUT2D eigenvalue weighted by Gasteiger charge is -2.34. The minimum absolute atomic E-state index is 0.246. The van der Waals surface area contributed by atoms with Crippen molar-refractivity contribution < 1.29 is 14.6 Å². The number of aromatic nitrogens is 1. The largest absolute Gasteiger partial charge is 0.450 e. The van der Waals surface area contributed by atoms with Crippen LogP contribution in [0.2, 0.25) is 0 Å². The molecule has 2 rings (SSSR count). The molecule has 1 aliphatic heterocycles. The van der Waals surface area contributed by atoms with Gasteiger partial charge in [0, 0.05) is 32.4 Å². The highest BCUT2D eigenvalue weighted by Gasteiger charge is 2.22. The van der Waals surface area contributed by atoms with Gasteiger partial charge >= 0.3 is 6.09 Å². The molecule has 0 unspecified atom stereocenters. The number of aliphatic hydroxyl groups is 1. The second kappa shape index (κ2) is 6.56. The van der Waals surface area contributed by atoms with Crippen LogP contribution in [0.15, 0.2) is 18.3 Å². The fourth-order valence-corrected chi connectivity index (χ4v) is 2.16. The third-order valence-electron chi connectivity index (χ3n) is 3.38. The first-order chi connectivity index (χ1) is 9.61. The van der Waals surface area contributed by atoms with Crippen LogP contribution in [0.4, 0.5) is 10.6 Å². The van der Waals surface area contributed by atoms with E-state index < -0.39 is 6.10 Å². The Hall–Kier alpha value is -1.82. The van der Waals surface area contributed by atoms with Crippen LogP contribution < -0.4 is 4.90 Å². The lowest BCUT2D eigenvalue weighted by atomic mass is 10.2. The molecule has 1 aliphatic rings. The second-order valence-electron chi connectivity index (χ2n) is 4.80. The molecular weight excluding hydrogens is 258 g/mol. The number of aliphatic hydroxyl groups excluding tert-OH is 1. The van der Waals surface area contributed by atoms with Gasteiger partial charge in [0.15, 0.2) is 0 Å². The highest BCUT2D eigenvalue weighted by Crippen LogP contribution is 2.17. The number of anilines is 1. The zero-order valence-electron chi connectivity index (χ0n) is 12.0. The number of hydrogen-bond donors (Lipinski definition) is 1. The van der Waals surface area contributed by atoms with E-state index in [1.54, 1.807) is 18.0 Å². The summed E-state index contributed by atoms with van der Waals surface area (Å²) in [5.74, 6) is 0.873. The van der Waals surface area contributed by atoms with Gasteiger partial charge in [0.25, 0.3) is 0 Å². The molecule has 0 aliphatic carbocycles. The molecule has 1 aromatic rings. The monoisotopic (exact) mass is 279 g/mol. The van der Waals surface area contributed by atoms with E-state index in [2.05, 4.69) is 9.88 Å². The Morgan fingerprint density at radius 3 is 2.60 bits per heavy atom. The average Bonchev–Trinajstić information content (AvgIpc) is 2.48. The summed E-state index contributed by atoms with van der Waals surface area (Å²) in [6.45, 7) is 6.68. The van der Waals surface area contributed by atoms with Crippen molar-refractivity contribution >= 4 is 11.9 Å². The summed E-state index contributed by atoms with van der Waals surface area (Å²) in [5.41, 5.74) is 0.805. The molecule has 1 saturated heterocycles. The zero-order valence-corrected chi connectivity index (χ0v) is 12.0. The Labute approximate surface area is 119 Å². The van der Waals surface area contributed by atoms with Crippen molar-refractivity contribution in [1.82, 2.24) is 9.88 Å². The van der Waals surface area contributed by atoms with Crippen molar-refractivity contribution in [2.24, 2.45) is 0 Å². The molecule has 2 heterocycles. The molecule has 20 heavy (non-hydrogen) atoms. The molecule has 1 amide bonds. The molecule has 1 fully saturated rings. The van der Waals surface area contributed by atoms with Gasteiger partial charge in [-0.25, -0.2) is 9.78 Å². The molecule has 6 nitrogen and oxygen atoms in total. The first kappa shape index (κ1) is 14.6. The fourth-order valence-electron chi connectivity index (χ4n) is 2.16. The first-order valence-corrected chi connectivity index (χ1v) is 6.92. The number of ether oxygens (including phenoxy) is 1. The summed E-state index contributed by atoms with van der Waals surface area (Å²) >= 11 is 0. The number of rotatable bonds is 3. The number of hydrogen-bond acceptors (Lipinski definition) is 5. The summed E-state index contributed by atoms with van der Waals surface area (Å²) in [6, 6.07) is 3.78. The predicted molar refractivity (Wildman–Crippen MR) is 75.7 cm³/mol. The van der Waals surface area contributed by atoms with Crippen LogP contribution >= 0.6 is 0 Å². The van der Waals surface area contributed by atoms with Gasteiger partial charge in [-0.05, 0) is 25.5 Å². The summed E-state index contributed by atoms with van der Waals surface area (Å²) in [4.78, 5) is 19.8. The van der Waals surface area contributed by atoms with Crippen LogP contribution in [0.5, 0.6) is 0 Å². The van der Waals surface area contributed by atoms with Crippen LogP contribution in [0, 0.1) is 0 Å². The minimum Gasteiger partial charge on any atom is -0.450 e. The number of nitrogens with zero attached hydrogens (tertiary/aromatic N) is 3. The van der Waals surface area contributed by atoms with Crippen molar-refractivity contribution in [3.63, 3.8) is 0 Å². The van der Waals surface area contributed by atoms with E-state index in [9.17, 15) is 9.90 Å². The van der Waals surface area contributed by atoms with Crippen molar-refractivity contribution in [3.8, 4) is 0 Å². The molecular formula is C14H21N3O3. The maximum absolute atomic E-state index is 11.6. The molecule has 6 heteroatoms. The molecule has 0 bridgehead atoms. The van der Waals surface area contributed by atoms with Crippen molar-refractivity contribution in [3.05, 3.63) is 23.9 Å². The molecule has 1 N–H and O–H groups in total. The van der Waals surface area contributed by atoms with Gasteiger partial charge in [0.1, 0.15) is 5.82 Å². The van der Waals surface area contributed by atoms with Crippen LogP contribution in [0.25, 0.3) is 0 Å². The van der Waals surface area contributed by atoms with Crippen molar-refractivity contribution in [2.45, 2.75) is 20.0 Å². The standard InChI is InChI=1S/C14H21N3O3/c1-3-20-14(19)17-8-6-16(7-9-17)13-5-4-12(10-15-13)11(2)18/h4-5,10-11,18H,3,6-9H2,1-2H3/t11-/m1/s1. The number of piperazine rings is 1. The summed E-state index contributed by atoms with van der Waals surface area (Å²) in [6.07, 6.45) is 0.944. The number of pyridine rings is 1. The third-order valence-corrected chi connectivity index (χ3v) is 3.38. The first-order valence-electron chi connectivity index (χ1n) is 6.92. The number of amides is 1. The van der Waals surface area contributed by atoms with Crippen LogP contribution in [-0.4, -0.2) is 53.9 Å². The highest BCUT2D eigenvalue weighted by atomic mass is 16.6. The molecule has 0 aromatic carbocycles. The summed E-state index contributed by atoms with van der Waals surface area (Å²) in [7, 11) is 0. The quantitative estimate of drug-likeness (QED) is 0.906. The SMILES string of the molecule is CCOC(=O)N1CCN(c2ccc([C@@H](C)O)cn2)CC1. The average molecular weight is 279 g/mol. The molecule has 0 spiro atoms. The Balaban J connectivity index is 1.91. The Bertz CT molecular complexity index is 439. The normalized spacial score (nSPS) is 16.9. The molecule has 1 atom stereocenters. The van der Waals surface area contributed by atoms with Gasteiger partial charge in [-0.15, -0.1) is 0 Å². The van der Waals surface area contributed by atoms with Gasteiger partial charge in [0.2, 0.25) is 0 Å². The number of carbonyl (C=O) groups excluding carboxylic acids is 1. The van der Waals surface area contributed by atoms with Gasteiger partial charge in [-0.2, -0.15) is 0 Å². The highest BCUT2D eigenvalue weighted by molar-refractivity contribution is 5.68. The van der Waals surface area contributed by atoms with Crippen LogP contribution in [0.1, 0.15) is 25.5 Å². The van der Waals surface area contributed by atoms with Crippen molar-refractivity contribution in [2.75, 3.05) is 37.7 Å². The van der Waals surface area contributed by atoms with E-state index in [4.69, 9.17) is 4.74 Å². The van der Waals surface area contributed by atoms with Crippen LogP contribution in [0.3, 0.4) is 0 Å². The van der Waals surface area contributed by atoms with Gasteiger partial charge < -0.3 is 19.6 Å². The smallest absolute Gasteiger partial charge is 0.409 e. The fraction of sp³-hybridized carbons (Fsp3) is 0.571. The second-order valence-corrected chi connectivity index (χ2v) is 4.80. The maximum Gasteiger partial charge on any atom is 0.409 e. The van der Waals surface area contributed by atoms with Gasteiger partial charge in [-0.3, -0.25) is 0 Å². The zero-order chi connectivity index (χ0) is 14.5. The van der Waals surface area contributed by atoms with E-state index in [0.717, 1.165) is 24.5 Å².